The summed E-state index contributed by atoms with van der Waals surface area (Å²) in [6.45, 7) is -0.398. The fourth-order valence-electron chi connectivity index (χ4n) is 2.09. The largest absolute Gasteiger partial charge is 0.479 e. The zero-order chi connectivity index (χ0) is 20.6. The van der Waals surface area contributed by atoms with E-state index in [0.717, 1.165) is 18.4 Å². The number of aryl methyl sites for hydroxylation is 1. The Balaban J connectivity index is 2.59. The maximum atomic E-state index is 14.3. The summed E-state index contributed by atoms with van der Waals surface area (Å²) >= 11 is 5.79. The Hall–Kier alpha value is -2.52. The minimum Gasteiger partial charge on any atom is -0.479 e. The molecular weight excluding hydrogens is 416 g/mol. The molecule has 2 rings (SSSR count). The fraction of sp³-hybridized carbons (Fsp3) is 0.286. The predicted octanol–water partition coefficient (Wildman–Crippen LogP) is 3.16. The molecule has 27 heavy (non-hydrogen) atoms. The summed E-state index contributed by atoms with van der Waals surface area (Å²) in [4.78, 5) is 0. The number of sulfonamides is 1. The molecule has 0 bridgehead atoms. The van der Waals surface area contributed by atoms with Gasteiger partial charge < -0.3 is 4.74 Å². The monoisotopic (exact) mass is 426 g/mol. The number of benzene rings is 1. The molecule has 0 saturated carbocycles. The van der Waals surface area contributed by atoms with E-state index in [0.29, 0.717) is 4.68 Å². The van der Waals surface area contributed by atoms with E-state index in [1.807, 2.05) is 0 Å². The van der Waals surface area contributed by atoms with Gasteiger partial charge in [0.15, 0.2) is 23.9 Å². The molecule has 0 aliphatic rings. The highest BCUT2D eigenvalue weighted by molar-refractivity contribution is 7.92. The number of nitrogens with one attached hydrogen (secondary N) is 1. The zero-order valence-electron chi connectivity index (χ0n) is 13.7. The lowest BCUT2D eigenvalue weighted by Gasteiger charge is -2.11. The molecule has 146 valence electrons. The molecule has 0 aliphatic carbocycles. The molecular formula is C14H11ClF4N4O3S. The van der Waals surface area contributed by atoms with E-state index in [4.69, 9.17) is 11.6 Å². The molecule has 7 nitrogen and oxygen atoms in total. The smallest absolute Gasteiger partial charge is 0.422 e. The number of nitriles is 1. The highest BCUT2D eigenvalue weighted by Gasteiger charge is 2.31. The molecule has 1 aromatic heterocycles. The maximum Gasteiger partial charge on any atom is 0.422 e. The van der Waals surface area contributed by atoms with Crippen molar-refractivity contribution in [2.75, 3.05) is 17.6 Å². The first-order valence-electron chi connectivity index (χ1n) is 6.99. The quantitative estimate of drug-likeness (QED) is 0.741. The van der Waals surface area contributed by atoms with Crippen LogP contribution in [0.1, 0.15) is 11.4 Å². The summed E-state index contributed by atoms with van der Waals surface area (Å²) in [7, 11) is -3.76. The van der Waals surface area contributed by atoms with Gasteiger partial charge >= 0.3 is 6.18 Å². The Kier molecular flexibility index (Phi) is 5.58. The third-order valence-electron chi connectivity index (χ3n) is 3.05. The summed E-state index contributed by atoms with van der Waals surface area (Å²) in [5, 5.41) is 12.8. The van der Waals surface area contributed by atoms with Crippen molar-refractivity contribution in [2.24, 2.45) is 0 Å². The minimum atomic E-state index is -4.65. The van der Waals surface area contributed by atoms with E-state index in [-0.39, 0.29) is 16.4 Å². The number of hydrogen-bond acceptors (Lipinski definition) is 5. The van der Waals surface area contributed by atoms with Crippen LogP contribution in [0.3, 0.4) is 0 Å². The van der Waals surface area contributed by atoms with Gasteiger partial charge in [-0.3, -0.25) is 4.72 Å². The lowest BCUT2D eigenvalue weighted by Crippen LogP contribution is -2.19. The van der Waals surface area contributed by atoms with Crippen LogP contribution in [0.4, 0.5) is 23.2 Å². The molecule has 1 N–H and O–H groups in total. The Morgan fingerprint density at radius 3 is 2.56 bits per heavy atom. The molecule has 0 fully saturated rings. The number of anilines is 1. The van der Waals surface area contributed by atoms with Crippen LogP contribution in [0, 0.1) is 24.1 Å². The molecule has 0 saturated heterocycles. The van der Waals surface area contributed by atoms with Crippen LogP contribution in [0.25, 0.3) is 5.69 Å². The molecule has 0 aliphatic heterocycles. The number of rotatable bonds is 5. The maximum absolute atomic E-state index is 14.3. The van der Waals surface area contributed by atoms with Crippen LogP contribution < -0.4 is 9.46 Å². The van der Waals surface area contributed by atoms with Gasteiger partial charge in [-0.1, -0.05) is 11.6 Å². The molecule has 13 heteroatoms. The summed E-state index contributed by atoms with van der Waals surface area (Å²) in [6, 6.07) is 3.33. The highest BCUT2D eigenvalue weighted by Crippen LogP contribution is 2.32. The van der Waals surface area contributed by atoms with Gasteiger partial charge in [-0.15, -0.1) is 0 Å². The number of ether oxygens (including phenoxy) is 1. The van der Waals surface area contributed by atoms with Crippen LogP contribution in [0.2, 0.25) is 5.02 Å². The van der Waals surface area contributed by atoms with Gasteiger partial charge in [-0.05, 0) is 19.1 Å². The van der Waals surface area contributed by atoms with Gasteiger partial charge in [0.25, 0.3) is 0 Å². The predicted molar refractivity (Wildman–Crippen MR) is 88.0 cm³/mol. The number of nitrogens with zero attached hydrogens (tertiary/aromatic N) is 3. The first-order chi connectivity index (χ1) is 12.3. The van der Waals surface area contributed by atoms with Crippen LogP contribution in [0.5, 0.6) is 5.75 Å². The Bertz CT molecular complexity index is 1030. The van der Waals surface area contributed by atoms with Gasteiger partial charge in [0.1, 0.15) is 17.5 Å². The van der Waals surface area contributed by atoms with Crippen LogP contribution >= 0.6 is 11.6 Å². The minimum absolute atomic E-state index is 0.0947. The Morgan fingerprint density at radius 2 is 2.04 bits per heavy atom. The Morgan fingerprint density at radius 1 is 1.41 bits per heavy atom. The average molecular weight is 427 g/mol. The molecule has 1 aromatic carbocycles. The number of alkyl halides is 3. The molecule has 0 spiro atoms. The summed E-state index contributed by atoms with van der Waals surface area (Å²) in [6.07, 6.45) is -3.81. The second kappa shape index (κ2) is 7.24. The van der Waals surface area contributed by atoms with Gasteiger partial charge in [0.05, 0.1) is 17.0 Å². The van der Waals surface area contributed by atoms with E-state index in [1.54, 1.807) is 6.07 Å². The van der Waals surface area contributed by atoms with Crippen LogP contribution in [0.15, 0.2) is 12.1 Å². The topological polar surface area (TPSA) is 97.0 Å². The fourth-order valence-corrected chi connectivity index (χ4v) is 2.91. The van der Waals surface area contributed by atoms with Crippen molar-refractivity contribution in [2.45, 2.75) is 13.1 Å². The summed E-state index contributed by atoms with van der Waals surface area (Å²) in [5.74, 6) is -1.46. The molecule has 2 aromatic rings. The van der Waals surface area contributed by atoms with E-state index in [2.05, 4.69) is 14.6 Å². The van der Waals surface area contributed by atoms with Gasteiger partial charge in [-0.25, -0.2) is 17.5 Å². The lowest BCUT2D eigenvalue weighted by atomic mass is 10.2. The first-order valence-corrected chi connectivity index (χ1v) is 9.26. The van der Waals surface area contributed by atoms with Gasteiger partial charge in [-0.2, -0.15) is 23.5 Å². The molecule has 0 unspecified atom stereocenters. The summed E-state index contributed by atoms with van der Waals surface area (Å²) < 4.78 is 81.6. The number of aromatic nitrogens is 2. The van der Waals surface area contributed by atoms with Crippen molar-refractivity contribution in [3.05, 3.63) is 34.4 Å². The van der Waals surface area contributed by atoms with Crippen molar-refractivity contribution in [3.8, 4) is 17.5 Å². The van der Waals surface area contributed by atoms with E-state index in [1.165, 1.54) is 6.92 Å². The van der Waals surface area contributed by atoms with Crippen molar-refractivity contribution in [3.63, 3.8) is 0 Å². The number of hydrogen-bond donors (Lipinski definition) is 1. The second-order valence-corrected chi connectivity index (χ2v) is 7.50. The van der Waals surface area contributed by atoms with E-state index in [9.17, 15) is 31.2 Å². The van der Waals surface area contributed by atoms with E-state index < -0.39 is 45.8 Å². The molecule has 0 amide bonds. The van der Waals surface area contributed by atoms with Crippen LogP contribution in [-0.4, -0.2) is 37.2 Å². The third-order valence-corrected chi connectivity index (χ3v) is 3.96. The lowest BCUT2D eigenvalue weighted by molar-refractivity contribution is -0.153. The summed E-state index contributed by atoms with van der Waals surface area (Å²) in [5.41, 5.74) is -1.21. The van der Waals surface area contributed by atoms with Gasteiger partial charge in [0.2, 0.25) is 10.0 Å². The molecule has 0 radical (unpaired) electrons. The molecule has 0 atom stereocenters. The van der Waals surface area contributed by atoms with Crippen LogP contribution in [-0.2, 0) is 10.0 Å². The van der Waals surface area contributed by atoms with Crippen molar-refractivity contribution < 1.29 is 30.7 Å². The van der Waals surface area contributed by atoms with Crippen molar-refractivity contribution in [1.29, 1.82) is 5.26 Å². The normalized spacial score (nSPS) is 11.9. The van der Waals surface area contributed by atoms with Gasteiger partial charge in [0, 0.05) is 0 Å². The van der Waals surface area contributed by atoms with Crippen molar-refractivity contribution in [1.82, 2.24) is 9.78 Å². The first kappa shape index (κ1) is 20.8. The molecule has 1 heterocycles. The SMILES string of the molecule is Cc1nn(-c2cc(NS(C)(=O)=O)c(Cl)cc2F)c(C#N)c1OCC(F)(F)F. The standard InChI is InChI=1S/C14H11ClF4N4O3S/c1-7-13(26-6-14(17,18)19)12(5-20)23(21-7)11-4-10(22-27(2,24)25)8(15)3-9(11)16/h3-4,22H,6H2,1-2H3. The van der Waals surface area contributed by atoms with Crippen molar-refractivity contribution >= 4 is 27.3 Å². The second-order valence-electron chi connectivity index (χ2n) is 5.35. The van der Waals surface area contributed by atoms with E-state index >= 15 is 0 Å². The average Bonchev–Trinajstić information content (AvgIpc) is 2.81. The number of halogens is 5. The zero-order valence-corrected chi connectivity index (χ0v) is 15.3. The Labute approximate surface area is 156 Å². The third kappa shape index (κ3) is 5.01. The highest BCUT2D eigenvalue weighted by atomic mass is 35.5.